The van der Waals surface area contributed by atoms with E-state index in [9.17, 15) is 4.39 Å². The third kappa shape index (κ3) is 3.13. The molecule has 3 nitrogen and oxygen atoms in total. The minimum absolute atomic E-state index is 0.171. The second-order valence-electron chi connectivity index (χ2n) is 5.20. The Labute approximate surface area is 112 Å². The molecule has 0 bridgehead atoms. The topological polar surface area (TPSA) is 29.9 Å². The van der Waals surface area contributed by atoms with E-state index in [1.165, 1.54) is 18.9 Å². The molecule has 1 aromatic carbocycles. The van der Waals surface area contributed by atoms with Crippen molar-refractivity contribution in [1.82, 2.24) is 9.55 Å². The molecule has 1 aliphatic carbocycles. The Balaban J connectivity index is 1.68. The minimum Gasteiger partial charge on any atom is -0.353 e. The molecule has 1 aliphatic rings. The summed E-state index contributed by atoms with van der Waals surface area (Å²) >= 11 is 0. The number of imidazole rings is 1. The van der Waals surface area contributed by atoms with Crippen molar-refractivity contribution < 1.29 is 4.39 Å². The molecule has 0 amide bonds. The predicted octanol–water partition coefficient (Wildman–Crippen LogP) is 3.15. The van der Waals surface area contributed by atoms with Crippen molar-refractivity contribution in [2.45, 2.75) is 38.8 Å². The van der Waals surface area contributed by atoms with Crippen LogP contribution in [0.4, 0.5) is 10.3 Å². The highest BCUT2D eigenvalue weighted by atomic mass is 19.1. The number of benzene rings is 1. The van der Waals surface area contributed by atoms with Crippen molar-refractivity contribution in [3.05, 3.63) is 47.5 Å². The van der Waals surface area contributed by atoms with Crippen LogP contribution in [0.1, 0.15) is 24.1 Å². The molecule has 2 aromatic rings. The summed E-state index contributed by atoms with van der Waals surface area (Å²) < 4.78 is 15.2. The lowest BCUT2D eigenvalue weighted by molar-refractivity contribution is 0.622. The summed E-state index contributed by atoms with van der Waals surface area (Å²) in [5.74, 6) is 0.770. The van der Waals surface area contributed by atoms with E-state index >= 15 is 0 Å². The molecule has 0 atom stereocenters. The van der Waals surface area contributed by atoms with E-state index in [0.29, 0.717) is 6.04 Å². The Morgan fingerprint density at radius 3 is 3.00 bits per heavy atom. The van der Waals surface area contributed by atoms with Crippen LogP contribution in [-0.2, 0) is 13.0 Å². The minimum atomic E-state index is -0.171. The zero-order chi connectivity index (χ0) is 13.2. The number of aromatic nitrogens is 2. The number of hydrogen-bond acceptors (Lipinski definition) is 2. The summed E-state index contributed by atoms with van der Waals surface area (Å²) in [6.07, 6.45) is 5.32. The molecule has 1 N–H and O–H groups in total. The molecule has 1 saturated carbocycles. The number of halogens is 1. The van der Waals surface area contributed by atoms with Gasteiger partial charge >= 0.3 is 0 Å². The second kappa shape index (κ2) is 5.03. The maximum Gasteiger partial charge on any atom is 0.203 e. The van der Waals surface area contributed by atoms with Gasteiger partial charge in [-0.15, -0.1) is 0 Å². The Kier molecular flexibility index (Phi) is 3.23. The van der Waals surface area contributed by atoms with E-state index in [1.54, 1.807) is 12.1 Å². The van der Waals surface area contributed by atoms with Gasteiger partial charge in [0.1, 0.15) is 5.82 Å². The molecule has 1 aromatic heterocycles. The molecule has 4 heteroatoms. The fraction of sp³-hybridized carbons (Fsp3) is 0.400. The highest BCUT2D eigenvalue weighted by Gasteiger charge is 2.22. The molecular weight excluding hydrogens is 241 g/mol. The molecule has 3 rings (SSSR count). The molecule has 0 radical (unpaired) electrons. The fourth-order valence-electron chi connectivity index (χ4n) is 2.18. The molecule has 1 heterocycles. The quantitative estimate of drug-likeness (QED) is 0.894. The first-order chi connectivity index (χ1) is 9.20. The summed E-state index contributed by atoms with van der Waals surface area (Å²) in [7, 11) is 0. The summed E-state index contributed by atoms with van der Waals surface area (Å²) in [6.45, 7) is 2.82. The van der Waals surface area contributed by atoms with Crippen LogP contribution in [0.3, 0.4) is 0 Å². The van der Waals surface area contributed by atoms with Crippen molar-refractivity contribution in [3.8, 4) is 0 Å². The van der Waals surface area contributed by atoms with Crippen molar-refractivity contribution >= 4 is 5.95 Å². The van der Waals surface area contributed by atoms with E-state index in [-0.39, 0.29) is 5.82 Å². The lowest BCUT2D eigenvalue weighted by Gasteiger charge is -2.09. The standard InChI is InChI=1S/C15H18FN3/c1-11-10-19(15(17-11)18-14-5-6-14)8-7-12-3-2-4-13(16)9-12/h2-4,9-10,14H,5-8H2,1H3,(H,17,18). The zero-order valence-corrected chi connectivity index (χ0v) is 11.1. The van der Waals surface area contributed by atoms with Gasteiger partial charge in [-0.3, -0.25) is 0 Å². The van der Waals surface area contributed by atoms with Crippen LogP contribution in [0.5, 0.6) is 0 Å². The molecule has 0 saturated heterocycles. The third-order valence-corrected chi connectivity index (χ3v) is 3.34. The molecule has 0 spiro atoms. The molecular formula is C15H18FN3. The summed E-state index contributed by atoms with van der Waals surface area (Å²) in [4.78, 5) is 4.50. The van der Waals surface area contributed by atoms with Crippen LogP contribution >= 0.6 is 0 Å². The van der Waals surface area contributed by atoms with Gasteiger partial charge in [-0.1, -0.05) is 12.1 Å². The first-order valence-corrected chi connectivity index (χ1v) is 6.75. The highest BCUT2D eigenvalue weighted by Crippen LogP contribution is 2.24. The maximum atomic E-state index is 13.1. The van der Waals surface area contributed by atoms with E-state index in [4.69, 9.17) is 0 Å². The van der Waals surface area contributed by atoms with Gasteiger partial charge in [0.25, 0.3) is 0 Å². The number of nitrogens with one attached hydrogen (secondary N) is 1. The maximum absolute atomic E-state index is 13.1. The van der Waals surface area contributed by atoms with Gasteiger partial charge in [-0.05, 0) is 43.9 Å². The summed E-state index contributed by atoms with van der Waals surface area (Å²) in [6, 6.07) is 7.38. The van der Waals surface area contributed by atoms with Gasteiger partial charge in [-0.2, -0.15) is 0 Å². The smallest absolute Gasteiger partial charge is 0.203 e. The average molecular weight is 259 g/mol. The van der Waals surface area contributed by atoms with Gasteiger partial charge in [0.05, 0.1) is 5.69 Å². The van der Waals surface area contributed by atoms with Crippen molar-refractivity contribution in [3.63, 3.8) is 0 Å². The monoisotopic (exact) mass is 259 g/mol. The number of nitrogens with zero attached hydrogens (tertiary/aromatic N) is 2. The van der Waals surface area contributed by atoms with Crippen LogP contribution in [0.2, 0.25) is 0 Å². The fourth-order valence-corrected chi connectivity index (χ4v) is 2.18. The van der Waals surface area contributed by atoms with E-state index < -0.39 is 0 Å². The van der Waals surface area contributed by atoms with Crippen LogP contribution < -0.4 is 5.32 Å². The van der Waals surface area contributed by atoms with Crippen molar-refractivity contribution in [2.75, 3.05) is 5.32 Å². The van der Waals surface area contributed by atoms with Crippen molar-refractivity contribution in [2.24, 2.45) is 0 Å². The van der Waals surface area contributed by atoms with Gasteiger partial charge < -0.3 is 9.88 Å². The summed E-state index contributed by atoms with van der Waals surface area (Å²) in [5.41, 5.74) is 2.03. The van der Waals surface area contributed by atoms with Gasteiger partial charge in [0.2, 0.25) is 5.95 Å². The molecule has 0 aliphatic heterocycles. The second-order valence-corrected chi connectivity index (χ2v) is 5.20. The third-order valence-electron chi connectivity index (χ3n) is 3.34. The van der Waals surface area contributed by atoms with Crippen LogP contribution in [0.25, 0.3) is 0 Å². The van der Waals surface area contributed by atoms with Gasteiger partial charge in [0, 0.05) is 18.8 Å². The number of hydrogen-bond donors (Lipinski definition) is 1. The number of aryl methyl sites for hydroxylation is 3. The average Bonchev–Trinajstić information content (AvgIpc) is 3.11. The number of anilines is 1. The first kappa shape index (κ1) is 12.2. The molecule has 1 fully saturated rings. The first-order valence-electron chi connectivity index (χ1n) is 6.75. The van der Waals surface area contributed by atoms with Gasteiger partial charge in [0.15, 0.2) is 0 Å². The van der Waals surface area contributed by atoms with Crippen LogP contribution in [0, 0.1) is 12.7 Å². The Morgan fingerprint density at radius 2 is 2.26 bits per heavy atom. The SMILES string of the molecule is Cc1cn(CCc2cccc(F)c2)c(NC2CC2)n1. The van der Waals surface area contributed by atoms with E-state index in [0.717, 1.165) is 30.2 Å². The lowest BCUT2D eigenvalue weighted by Crippen LogP contribution is -2.10. The van der Waals surface area contributed by atoms with Gasteiger partial charge in [-0.25, -0.2) is 9.37 Å². The largest absolute Gasteiger partial charge is 0.353 e. The van der Waals surface area contributed by atoms with Crippen LogP contribution in [0.15, 0.2) is 30.5 Å². The molecule has 0 unspecified atom stereocenters. The highest BCUT2D eigenvalue weighted by molar-refractivity contribution is 5.32. The zero-order valence-electron chi connectivity index (χ0n) is 11.1. The van der Waals surface area contributed by atoms with E-state index in [2.05, 4.69) is 14.9 Å². The lowest BCUT2D eigenvalue weighted by atomic mass is 10.1. The Bertz CT molecular complexity index is 573. The normalized spacial score (nSPS) is 14.6. The molecule has 19 heavy (non-hydrogen) atoms. The summed E-state index contributed by atoms with van der Waals surface area (Å²) in [5, 5.41) is 3.43. The van der Waals surface area contributed by atoms with Crippen molar-refractivity contribution in [1.29, 1.82) is 0 Å². The van der Waals surface area contributed by atoms with E-state index in [1.807, 2.05) is 19.2 Å². The molecule has 100 valence electrons. The Morgan fingerprint density at radius 1 is 1.42 bits per heavy atom. The Hall–Kier alpha value is -1.84. The van der Waals surface area contributed by atoms with Crippen LogP contribution in [-0.4, -0.2) is 15.6 Å². The predicted molar refractivity (Wildman–Crippen MR) is 73.7 cm³/mol. The number of rotatable bonds is 5.